The summed E-state index contributed by atoms with van der Waals surface area (Å²) in [5.74, 6) is 3.27. The third-order valence-corrected chi connectivity index (χ3v) is 6.34. The number of hydrogen-bond acceptors (Lipinski definition) is 2. The Morgan fingerprint density at radius 3 is 2.95 bits per heavy atom. The molecule has 1 aromatic carbocycles. The molecule has 3 heteroatoms. The van der Waals surface area contributed by atoms with E-state index >= 15 is 0 Å². The first kappa shape index (κ1) is 14.7. The zero-order valence-corrected chi connectivity index (χ0v) is 13.5. The van der Waals surface area contributed by atoms with Crippen molar-refractivity contribution in [3.05, 3.63) is 35.9 Å². The van der Waals surface area contributed by atoms with Gasteiger partial charge in [0.2, 0.25) is 0 Å². The number of hydrogen-bond donors (Lipinski definition) is 0. The highest BCUT2D eigenvalue weighted by atomic mass is 35.5. The fourth-order valence-electron chi connectivity index (χ4n) is 3.45. The minimum atomic E-state index is 0.160. The van der Waals surface area contributed by atoms with E-state index < -0.39 is 0 Å². The van der Waals surface area contributed by atoms with Crippen LogP contribution in [0.25, 0.3) is 0 Å². The lowest BCUT2D eigenvalue weighted by Crippen LogP contribution is -2.39. The summed E-state index contributed by atoms with van der Waals surface area (Å²) in [4.78, 5) is 0. The Morgan fingerprint density at radius 2 is 2.20 bits per heavy atom. The van der Waals surface area contributed by atoms with Gasteiger partial charge >= 0.3 is 0 Å². The average molecular weight is 311 g/mol. The fraction of sp³-hybridized carbons (Fsp3) is 0.647. The first-order valence-electron chi connectivity index (χ1n) is 7.68. The van der Waals surface area contributed by atoms with Crippen LogP contribution < -0.4 is 0 Å². The van der Waals surface area contributed by atoms with Gasteiger partial charge in [0.25, 0.3) is 0 Å². The van der Waals surface area contributed by atoms with Gasteiger partial charge < -0.3 is 4.74 Å². The molecule has 1 spiro atoms. The van der Waals surface area contributed by atoms with Crippen LogP contribution in [0.4, 0.5) is 0 Å². The first-order chi connectivity index (χ1) is 9.77. The second-order valence-corrected chi connectivity index (χ2v) is 7.78. The van der Waals surface area contributed by atoms with Crippen LogP contribution >= 0.6 is 23.4 Å². The van der Waals surface area contributed by atoms with E-state index in [4.69, 9.17) is 16.3 Å². The van der Waals surface area contributed by atoms with Gasteiger partial charge in [-0.25, -0.2) is 0 Å². The molecule has 0 aliphatic carbocycles. The third kappa shape index (κ3) is 3.52. The van der Waals surface area contributed by atoms with Crippen molar-refractivity contribution in [2.24, 2.45) is 5.92 Å². The van der Waals surface area contributed by atoms with Crippen LogP contribution in [0.5, 0.6) is 0 Å². The Morgan fingerprint density at radius 1 is 1.35 bits per heavy atom. The maximum Gasteiger partial charge on any atom is 0.0783 e. The molecule has 110 valence electrons. The lowest BCUT2D eigenvalue weighted by atomic mass is 9.82. The Bertz CT molecular complexity index is 416. The summed E-state index contributed by atoms with van der Waals surface area (Å²) in [6, 6.07) is 10.5. The number of ether oxygens (including phenoxy) is 1. The molecule has 2 heterocycles. The van der Waals surface area contributed by atoms with Crippen molar-refractivity contribution in [3.8, 4) is 0 Å². The van der Waals surface area contributed by atoms with E-state index in [2.05, 4.69) is 36.0 Å². The molecule has 2 aliphatic rings. The SMILES string of the molecule is ClC(CCC1CCOC2(CCSC2)C1)c1ccccc1. The second-order valence-electron chi connectivity index (χ2n) is 6.15. The Hall–Kier alpha value is -0.180. The van der Waals surface area contributed by atoms with E-state index in [0.29, 0.717) is 0 Å². The van der Waals surface area contributed by atoms with Gasteiger partial charge in [-0.15, -0.1) is 11.6 Å². The highest BCUT2D eigenvalue weighted by Gasteiger charge is 2.40. The molecule has 2 fully saturated rings. The van der Waals surface area contributed by atoms with Gasteiger partial charge in [-0.1, -0.05) is 30.3 Å². The molecule has 0 N–H and O–H groups in total. The predicted molar refractivity (Wildman–Crippen MR) is 87.6 cm³/mol. The number of benzene rings is 1. The van der Waals surface area contributed by atoms with Crippen LogP contribution in [-0.2, 0) is 4.74 Å². The van der Waals surface area contributed by atoms with E-state index in [9.17, 15) is 0 Å². The summed E-state index contributed by atoms with van der Waals surface area (Å²) >= 11 is 8.59. The monoisotopic (exact) mass is 310 g/mol. The number of halogens is 1. The minimum Gasteiger partial charge on any atom is -0.374 e. The molecule has 3 rings (SSSR count). The topological polar surface area (TPSA) is 9.23 Å². The summed E-state index contributed by atoms with van der Waals surface area (Å²) in [5, 5.41) is 0.160. The third-order valence-electron chi connectivity index (χ3n) is 4.65. The molecule has 0 radical (unpaired) electrons. The second kappa shape index (κ2) is 6.72. The van der Waals surface area contributed by atoms with Crippen molar-refractivity contribution in [3.63, 3.8) is 0 Å². The van der Waals surface area contributed by atoms with E-state index in [1.807, 2.05) is 6.07 Å². The van der Waals surface area contributed by atoms with Gasteiger partial charge in [0.05, 0.1) is 11.0 Å². The summed E-state index contributed by atoms with van der Waals surface area (Å²) in [7, 11) is 0. The van der Waals surface area contributed by atoms with Crippen molar-refractivity contribution >= 4 is 23.4 Å². The van der Waals surface area contributed by atoms with Crippen LogP contribution in [0.1, 0.15) is 43.0 Å². The first-order valence-corrected chi connectivity index (χ1v) is 9.27. The van der Waals surface area contributed by atoms with Gasteiger partial charge in [0, 0.05) is 12.4 Å². The molecular formula is C17H23ClOS. The van der Waals surface area contributed by atoms with Crippen LogP contribution in [0.15, 0.2) is 30.3 Å². The van der Waals surface area contributed by atoms with Crippen molar-refractivity contribution < 1.29 is 4.74 Å². The summed E-state index contributed by atoms with van der Waals surface area (Å²) in [6.45, 7) is 0.948. The average Bonchev–Trinajstić information content (AvgIpc) is 2.93. The van der Waals surface area contributed by atoms with Crippen molar-refractivity contribution in [1.82, 2.24) is 0 Å². The van der Waals surface area contributed by atoms with Crippen LogP contribution in [0, 0.1) is 5.92 Å². The van der Waals surface area contributed by atoms with E-state index in [-0.39, 0.29) is 11.0 Å². The molecule has 3 unspecified atom stereocenters. The van der Waals surface area contributed by atoms with Crippen LogP contribution in [0.2, 0.25) is 0 Å². The smallest absolute Gasteiger partial charge is 0.0783 e. The van der Waals surface area contributed by atoms with Gasteiger partial charge in [-0.3, -0.25) is 0 Å². The van der Waals surface area contributed by atoms with Crippen molar-refractivity contribution in [2.45, 2.75) is 43.1 Å². The standard InChI is InChI=1S/C17H23ClOS/c18-16(15-4-2-1-3-5-15)7-6-14-8-10-19-17(12-14)9-11-20-13-17/h1-5,14,16H,6-13H2. The lowest BCUT2D eigenvalue weighted by molar-refractivity contribution is -0.0807. The molecule has 3 atom stereocenters. The largest absolute Gasteiger partial charge is 0.374 e. The molecule has 1 nitrogen and oxygen atoms in total. The normalized spacial score (nSPS) is 31.6. The summed E-state index contributed by atoms with van der Waals surface area (Å²) in [5.41, 5.74) is 1.47. The maximum absolute atomic E-state index is 6.54. The van der Waals surface area contributed by atoms with Gasteiger partial charge in [0.1, 0.15) is 0 Å². The van der Waals surface area contributed by atoms with E-state index in [0.717, 1.165) is 18.9 Å². The Labute approximate surface area is 131 Å². The van der Waals surface area contributed by atoms with Gasteiger partial charge in [-0.05, 0) is 49.3 Å². The molecule has 2 aliphatic heterocycles. The Balaban J connectivity index is 1.51. The fourth-order valence-corrected chi connectivity index (χ4v) is 5.10. The molecule has 0 aromatic heterocycles. The molecule has 0 amide bonds. The van der Waals surface area contributed by atoms with E-state index in [1.165, 1.54) is 42.8 Å². The highest BCUT2D eigenvalue weighted by Crippen LogP contribution is 2.42. The molecule has 1 aromatic rings. The van der Waals surface area contributed by atoms with Crippen LogP contribution in [0.3, 0.4) is 0 Å². The number of alkyl halides is 1. The summed E-state index contributed by atoms with van der Waals surface area (Å²) < 4.78 is 6.09. The molecular weight excluding hydrogens is 288 g/mol. The zero-order chi connectivity index (χ0) is 13.8. The summed E-state index contributed by atoms with van der Waals surface area (Å²) in [6.07, 6.45) is 6.03. The quantitative estimate of drug-likeness (QED) is 0.720. The van der Waals surface area contributed by atoms with Crippen LogP contribution in [-0.4, -0.2) is 23.7 Å². The minimum absolute atomic E-state index is 0.160. The maximum atomic E-state index is 6.54. The van der Waals surface area contributed by atoms with E-state index in [1.54, 1.807) is 0 Å². The molecule has 20 heavy (non-hydrogen) atoms. The Kier molecular flexibility index (Phi) is 4.95. The zero-order valence-electron chi connectivity index (χ0n) is 11.9. The van der Waals surface area contributed by atoms with Gasteiger partial charge in [-0.2, -0.15) is 11.8 Å². The lowest BCUT2D eigenvalue weighted by Gasteiger charge is -2.38. The number of thioether (sulfide) groups is 1. The molecule has 0 saturated carbocycles. The van der Waals surface area contributed by atoms with Crippen molar-refractivity contribution in [2.75, 3.05) is 18.1 Å². The number of rotatable bonds is 4. The van der Waals surface area contributed by atoms with Gasteiger partial charge in [0.15, 0.2) is 0 Å². The molecule has 2 saturated heterocycles. The highest BCUT2D eigenvalue weighted by molar-refractivity contribution is 7.99. The molecule has 0 bridgehead atoms. The van der Waals surface area contributed by atoms with Crippen molar-refractivity contribution in [1.29, 1.82) is 0 Å². The predicted octanol–water partition coefficient (Wildman–Crippen LogP) is 5.05.